The molecule has 0 amide bonds. The monoisotopic (exact) mass is 430 g/mol. The summed E-state index contributed by atoms with van der Waals surface area (Å²) < 4.78 is 10.4. The third-order valence-corrected chi connectivity index (χ3v) is 5.21. The van der Waals surface area contributed by atoms with E-state index in [1.807, 2.05) is 18.2 Å². The van der Waals surface area contributed by atoms with E-state index in [2.05, 4.69) is 36.4 Å². The average molecular weight is 431 g/mol. The highest BCUT2D eigenvalue weighted by atomic mass is 16.5. The van der Waals surface area contributed by atoms with Gasteiger partial charge in [0.25, 0.3) is 0 Å². The fraction of sp³-hybridized carbons (Fsp3) is 0.222. The summed E-state index contributed by atoms with van der Waals surface area (Å²) in [6, 6.07) is 22.0. The molecule has 0 radical (unpaired) electrons. The smallest absolute Gasteiger partial charge is 0.330 e. The van der Waals surface area contributed by atoms with Crippen molar-refractivity contribution in [1.82, 2.24) is 0 Å². The molecular weight excluding hydrogens is 400 g/mol. The predicted molar refractivity (Wildman–Crippen MR) is 131 cm³/mol. The largest absolute Gasteiger partial charge is 0.462 e. The number of hydrogen-bond donors (Lipinski definition) is 2. The number of ether oxygens (including phenoxy) is 2. The Labute approximate surface area is 189 Å². The number of hydrogen-bond acceptors (Lipinski definition) is 5. The van der Waals surface area contributed by atoms with Crippen LogP contribution in [0.5, 0.6) is 0 Å². The van der Waals surface area contributed by atoms with Gasteiger partial charge < -0.3 is 20.9 Å². The van der Waals surface area contributed by atoms with Crippen LogP contribution in [0.1, 0.15) is 23.1 Å². The first-order chi connectivity index (χ1) is 15.5. The molecule has 0 spiro atoms. The molecule has 5 heteroatoms. The van der Waals surface area contributed by atoms with E-state index in [0.29, 0.717) is 17.8 Å². The van der Waals surface area contributed by atoms with Crippen molar-refractivity contribution in [2.75, 3.05) is 31.8 Å². The van der Waals surface area contributed by atoms with Crippen molar-refractivity contribution >= 4 is 23.4 Å². The zero-order chi connectivity index (χ0) is 22.8. The second-order valence-corrected chi connectivity index (χ2v) is 7.62. The quantitative estimate of drug-likeness (QED) is 0.207. The van der Waals surface area contributed by atoms with Crippen molar-refractivity contribution in [1.29, 1.82) is 0 Å². The summed E-state index contributed by atoms with van der Waals surface area (Å²) in [4.78, 5) is 12.0. The van der Waals surface area contributed by atoms with Crippen LogP contribution >= 0.6 is 0 Å². The molecule has 4 N–H and O–H groups in total. The topological polar surface area (TPSA) is 87.6 Å². The molecule has 0 saturated heterocycles. The van der Waals surface area contributed by atoms with E-state index in [4.69, 9.17) is 20.9 Å². The summed E-state index contributed by atoms with van der Waals surface area (Å²) in [7, 11) is 1.73. The van der Waals surface area contributed by atoms with Crippen molar-refractivity contribution in [3.05, 3.63) is 89.5 Å². The van der Waals surface area contributed by atoms with Crippen LogP contribution in [0.3, 0.4) is 0 Å². The summed E-state index contributed by atoms with van der Waals surface area (Å²) in [5, 5.41) is 0. The maximum absolute atomic E-state index is 12.0. The molecule has 3 aromatic carbocycles. The fourth-order valence-electron chi connectivity index (χ4n) is 3.39. The number of esters is 1. The van der Waals surface area contributed by atoms with Crippen LogP contribution in [-0.2, 0) is 27.1 Å². The standard InChI is InChI=1S/C27H30N2O3/c1-31-17-2-3-20-4-9-22(10-5-20)23-11-6-21(7-12-23)8-15-27(30)32-18-16-24-13-14-25(28)19-26(24)29/h4-15,19H,2-3,16-18,28-29H2,1H3/b15-8+. The number of aryl methyl sites for hydroxylation is 1. The SMILES string of the molecule is COCCCc1ccc(-c2ccc(/C=C/C(=O)OCCc3ccc(N)cc3N)cc2)cc1. The van der Waals surface area contributed by atoms with Gasteiger partial charge in [-0.25, -0.2) is 4.79 Å². The fourth-order valence-corrected chi connectivity index (χ4v) is 3.39. The minimum Gasteiger partial charge on any atom is -0.462 e. The number of methoxy groups -OCH3 is 1. The molecule has 32 heavy (non-hydrogen) atoms. The molecule has 3 rings (SSSR count). The van der Waals surface area contributed by atoms with Crippen LogP contribution in [0.25, 0.3) is 17.2 Å². The highest BCUT2D eigenvalue weighted by molar-refractivity contribution is 5.87. The molecule has 0 aliphatic rings. The Bertz CT molecular complexity index is 1040. The third-order valence-electron chi connectivity index (χ3n) is 5.21. The number of carbonyl (C=O) groups is 1. The lowest BCUT2D eigenvalue weighted by Gasteiger charge is -2.07. The van der Waals surface area contributed by atoms with Crippen LogP contribution in [0.2, 0.25) is 0 Å². The van der Waals surface area contributed by atoms with Gasteiger partial charge in [0, 0.05) is 37.6 Å². The van der Waals surface area contributed by atoms with Gasteiger partial charge in [-0.2, -0.15) is 0 Å². The Morgan fingerprint density at radius 3 is 2.22 bits per heavy atom. The van der Waals surface area contributed by atoms with Gasteiger partial charge in [0.1, 0.15) is 0 Å². The predicted octanol–water partition coefficient (Wildman–Crippen LogP) is 4.90. The summed E-state index contributed by atoms with van der Waals surface area (Å²) in [6.07, 6.45) is 5.78. The van der Waals surface area contributed by atoms with Gasteiger partial charge >= 0.3 is 5.97 Å². The molecule has 3 aromatic rings. The Kier molecular flexibility index (Phi) is 8.46. The van der Waals surface area contributed by atoms with E-state index < -0.39 is 0 Å². The number of rotatable bonds is 10. The number of benzene rings is 3. The van der Waals surface area contributed by atoms with Gasteiger partial charge in [-0.15, -0.1) is 0 Å². The molecule has 0 aromatic heterocycles. The first-order valence-corrected chi connectivity index (χ1v) is 10.7. The van der Waals surface area contributed by atoms with E-state index in [9.17, 15) is 4.79 Å². The summed E-state index contributed by atoms with van der Waals surface area (Å²) in [5.74, 6) is -0.382. The van der Waals surface area contributed by atoms with Crippen LogP contribution < -0.4 is 11.5 Å². The Morgan fingerprint density at radius 2 is 1.56 bits per heavy atom. The Hall–Kier alpha value is -3.57. The first-order valence-electron chi connectivity index (χ1n) is 10.7. The zero-order valence-electron chi connectivity index (χ0n) is 18.4. The van der Waals surface area contributed by atoms with Gasteiger partial charge in [0.2, 0.25) is 0 Å². The highest BCUT2D eigenvalue weighted by Gasteiger charge is 2.03. The van der Waals surface area contributed by atoms with Gasteiger partial charge in [-0.1, -0.05) is 54.6 Å². The average Bonchev–Trinajstić information content (AvgIpc) is 2.80. The van der Waals surface area contributed by atoms with Gasteiger partial charge in [-0.3, -0.25) is 0 Å². The van der Waals surface area contributed by atoms with Crippen molar-refractivity contribution in [2.45, 2.75) is 19.3 Å². The second kappa shape index (κ2) is 11.7. The maximum Gasteiger partial charge on any atom is 0.330 e. The number of nitrogen functional groups attached to an aromatic ring is 2. The first kappa shape index (κ1) is 23.1. The van der Waals surface area contributed by atoms with Crippen LogP contribution in [0, 0.1) is 0 Å². The molecule has 0 aliphatic heterocycles. The van der Waals surface area contributed by atoms with Crippen molar-refractivity contribution in [3.8, 4) is 11.1 Å². The van der Waals surface area contributed by atoms with E-state index in [0.717, 1.165) is 41.7 Å². The highest BCUT2D eigenvalue weighted by Crippen LogP contribution is 2.21. The Morgan fingerprint density at radius 1 is 0.875 bits per heavy atom. The molecule has 0 bridgehead atoms. The second-order valence-electron chi connectivity index (χ2n) is 7.62. The number of anilines is 2. The number of nitrogens with two attached hydrogens (primary N) is 2. The molecule has 0 saturated carbocycles. The van der Waals surface area contributed by atoms with E-state index in [1.165, 1.54) is 11.6 Å². The Balaban J connectivity index is 1.48. The molecular formula is C27H30N2O3. The molecule has 5 nitrogen and oxygen atoms in total. The zero-order valence-corrected chi connectivity index (χ0v) is 18.4. The van der Waals surface area contributed by atoms with Gasteiger partial charge in [-0.05, 0) is 58.9 Å². The lowest BCUT2D eigenvalue weighted by molar-refractivity contribution is -0.137. The molecule has 0 atom stereocenters. The molecule has 0 aliphatic carbocycles. The van der Waals surface area contributed by atoms with Crippen LogP contribution in [0.4, 0.5) is 11.4 Å². The van der Waals surface area contributed by atoms with Crippen molar-refractivity contribution < 1.29 is 14.3 Å². The van der Waals surface area contributed by atoms with Crippen LogP contribution in [0.15, 0.2) is 72.8 Å². The lowest BCUT2D eigenvalue weighted by atomic mass is 10.0. The maximum atomic E-state index is 12.0. The summed E-state index contributed by atoms with van der Waals surface area (Å²) in [5.41, 5.74) is 18.3. The lowest BCUT2D eigenvalue weighted by Crippen LogP contribution is -2.06. The summed E-state index contributed by atoms with van der Waals surface area (Å²) >= 11 is 0. The molecule has 0 heterocycles. The van der Waals surface area contributed by atoms with E-state index in [1.54, 1.807) is 25.3 Å². The van der Waals surface area contributed by atoms with Crippen molar-refractivity contribution in [3.63, 3.8) is 0 Å². The van der Waals surface area contributed by atoms with Crippen molar-refractivity contribution in [2.24, 2.45) is 0 Å². The molecule has 0 fully saturated rings. The minimum absolute atomic E-state index is 0.262. The summed E-state index contributed by atoms with van der Waals surface area (Å²) in [6.45, 7) is 1.04. The number of carbonyl (C=O) groups excluding carboxylic acids is 1. The van der Waals surface area contributed by atoms with Gasteiger partial charge in [0.15, 0.2) is 0 Å². The molecule has 0 unspecified atom stereocenters. The third kappa shape index (κ3) is 7.00. The van der Waals surface area contributed by atoms with Gasteiger partial charge in [0.05, 0.1) is 6.61 Å². The van der Waals surface area contributed by atoms with Crippen LogP contribution in [-0.4, -0.2) is 26.3 Å². The normalized spacial score (nSPS) is 11.0. The minimum atomic E-state index is -0.382. The van der Waals surface area contributed by atoms with E-state index >= 15 is 0 Å². The van der Waals surface area contributed by atoms with E-state index in [-0.39, 0.29) is 12.6 Å². The molecule has 166 valence electrons.